The third-order valence-electron chi connectivity index (χ3n) is 3.89. The van der Waals surface area contributed by atoms with Crippen LogP contribution in [0.1, 0.15) is 12.8 Å². The van der Waals surface area contributed by atoms with Gasteiger partial charge in [0.15, 0.2) is 0 Å². The van der Waals surface area contributed by atoms with Crippen LogP contribution in [0, 0.1) is 0 Å². The topological polar surface area (TPSA) is 59.5 Å². The van der Waals surface area contributed by atoms with E-state index in [-0.39, 0.29) is 5.60 Å². The summed E-state index contributed by atoms with van der Waals surface area (Å²) in [5.41, 5.74) is -0.0543. The number of aromatic nitrogens is 2. The van der Waals surface area contributed by atoms with E-state index in [4.69, 9.17) is 9.47 Å². The molecule has 6 heteroatoms. The minimum atomic E-state index is -0.0543. The molecule has 2 aliphatic rings. The van der Waals surface area contributed by atoms with E-state index in [9.17, 15) is 0 Å². The molecular weight excluding hydrogens is 244 g/mol. The van der Waals surface area contributed by atoms with Crippen LogP contribution in [0.4, 0.5) is 11.6 Å². The molecule has 104 valence electrons. The predicted molar refractivity (Wildman–Crippen MR) is 72.5 cm³/mol. The van der Waals surface area contributed by atoms with Crippen molar-refractivity contribution in [1.29, 1.82) is 0 Å². The second kappa shape index (κ2) is 5.30. The lowest BCUT2D eigenvalue weighted by atomic mass is 9.92. The molecule has 0 aromatic carbocycles. The van der Waals surface area contributed by atoms with Crippen molar-refractivity contribution in [2.75, 3.05) is 50.2 Å². The molecule has 2 saturated heterocycles. The number of nitrogens with one attached hydrogen (secondary N) is 1. The summed E-state index contributed by atoms with van der Waals surface area (Å²) in [6.07, 6.45) is 3.54. The number of hydrogen-bond acceptors (Lipinski definition) is 6. The fourth-order valence-electron chi connectivity index (χ4n) is 2.74. The van der Waals surface area contributed by atoms with Crippen molar-refractivity contribution in [2.45, 2.75) is 18.4 Å². The second-order valence-electron chi connectivity index (χ2n) is 5.08. The molecule has 0 aliphatic carbocycles. The number of anilines is 2. The van der Waals surface area contributed by atoms with Crippen molar-refractivity contribution < 1.29 is 9.47 Å². The largest absolute Gasteiger partial charge is 0.381 e. The van der Waals surface area contributed by atoms with Gasteiger partial charge in [0.05, 0.1) is 12.2 Å². The minimum absolute atomic E-state index is 0.0543. The SMILES string of the molecule is CNc1cc(N2CCOC3(CCOCC3)C2)ncn1. The van der Waals surface area contributed by atoms with E-state index in [0.29, 0.717) is 0 Å². The van der Waals surface area contributed by atoms with Gasteiger partial charge in [-0.25, -0.2) is 9.97 Å². The Hall–Kier alpha value is -1.40. The Morgan fingerprint density at radius 3 is 2.89 bits per heavy atom. The molecule has 0 radical (unpaired) electrons. The van der Waals surface area contributed by atoms with Gasteiger partial charge in [-0.2, -0.15) is 0 Å². The summed E-state index contributed by atoms with van der Waals surface area (Å²) >= 11 is 0. The van der Waals surface area contributed by atoms with Crippen LogP contribution in [0.5, 0.6) is 0 Å². The van der Waals surface area contributed by atoms with Gasteiger partial charge in [0.2, 0.25) is 0 Å². The Balaban J connectivity index is 1.76. The van der Waals surface area contributed by atoms with Gasteiger partial charge in [-0.1, -0.05) is 0 Å². The summed E-state index contributed by atoms with van der Waals surface area (Å²) in [7, 11) is 1.87. The molecule has 2 aliphatic heterocycles. The van der Waals surface area contributed by atoms with E-state index >= 15 is 0 Å². The highest BCUT2D eigenvalue weighted by Gasteiger charge is 2.38. The molecule has 0 saturated carbocycles. The molecule has 1 spiro atoms. The predicted octanol–water partition coefficient (Wildman–Crippen LogP) is 0.904. The van der Waals surface area contributed by atoms with Crippen LogP contribution < -0.4 is 10.2 Å². The Bertz CT molecular complexity index is 429. The Morgan fingerprint density at radius 2 is 2.11 bits per heavy atom. The number of hydrogen-bond donors (Lipinski definition) is 1. The first-order chi connectivity index (χ1) is 9.31. The molecule has 0 unspecified atom stereocenters. The quantitative estimate of drug-likeness (QED) is 0.856. The van der Waals surface area contributed by atoms with Crippen LogP contribution in [0.25, 0.3) is 0 Å². The maximum absolute atomic E-state index is 6.03. The van der Waals surface area contributed by atoms with E-state index in [1.807, 2.05) is 13.1 Å². The van der Waals surface area contributed by atoms with Gasteiger partial charge in [-0.05, 0) is 0 Å². The highest BCUT2D eigenvalue weighted by Crippen LogP contribution is 2.31. The summed E-state index contributed by atoms with van der Waals surface area (Å²) in [6, 6.07) is 1.98. The Labute approximate surface area is 113 Å². The molecule has 0 bridgehead atoms. The van der Waals surface area contributed by atoms with Crippen LogP contribution >= 0.6 is 0 Å². The highest BCUT2D eigenvalue weighted by atomic mass is 16.5. The maximum atomic E-state index is 6.03. The molecular formula is C13H20N4O2. The summed E-state index contributed by atoms with van der Waals surface area (Å²) in [4.78, 5) is 10.8. The fourth-order valence-corrected chi connectivity index (χ4v) is 2.74. The molecule has 6 nitrogen and oxygen atoms in total. The van der Waals surface area contributed by atoms with Crippen LogP contribution in [0.3, 0.4) is 0 Å². The molecule has 19 heavy (non-hydrogen) atoms. The van der Waals surface area contributed by atoms with Gasteiger partial charge in [-0.15, -0.1) is 0 Å². The first-order valence-corrected chi connectivity index (χ1v) is 6.78. The number of ether oxygens (including phenoxy) is 2. The zero-order chi connectivity index (χ0) is 13.1. The average Bonchev–Trinajstić information content (AvgIpc) is 2.48. The second-order valence-corrected chi connectivity index (χ2v) is 5.08. The van der Waals surface area contributed by atoms with E-state index in [2.05, 4.69) is 20.2 Å². The van der Waals surface area contributed by atoms with E-state index in [1.165, 1.54) is 0 Å². The maximum Gasteiger partial charge on any atom is 0.134 e. The minimum Gasteiger partial charge on any atom is -0.381 e. The molecule has 0 amide bonds. The van der Waals surface area contributed by atoms with Crippen molar-refractivity contribution in [3.05, 3.63) is 12.4 Å². The van der Waals surface area contributed by atoms with Crippen molar-refractivity contribution in [3.8, 4) is 0 Å². The number of morpholine rings is 1. The Kier molecular flexibility index (Phi) is 3.52. The van der Waals surface area contributed by atoms with Crippen LogP contribution in [-0.2, 0) is 9.47 Å². The van der Waals surface area contributed by atoms with Gasteiger partial charge < -0.3 is 19.7 Å². The zero-order valence-electron chi connectivity index (χ0n) is 11.3. The summed E-state index contributed by atoms with van der Waals surface area (Å²) in [5, 5.41) is 3.05. The highest BCUT2D eigenvalue weighted by molar-refractivity contribution is 5.48. The van der Waals surface area contributed by atoms with Gasteiger partial charge >= 0.3 is 0 Å². The first kappa shape index (κ1) is 12.6. The molecule has 2 fully saturated rings. The van der Waals surface area contributed by atoms with E-state index in [1.54, 1.807) is 6.33 Å². The molecule has 1 aromatic rings. The third kappa shape index (κ3) is 2.64. The monoisotopic (exact) mass is 264 g/mol. The van der Waals surface area contributed by atoms with Crippen molar-refractivity contribution in [1.82, 2.24) is 9.97 Å². The van der Waals surface area contributed by atoms with Crippen LogP contribution in [0.15, 0.2) is 12.4 Å². The summed E-state index contributed by atoms with van der Waals surface area (Å²) < 4.78 is 11.5. The first-order valence-electron chi connectivity index (χ1n) is 6.78. The van der Waals surface area contributed by atoms with Crippen LogP contribution in [0.2, 0.25) is 0 Å². The van der Waals surface area contributed by atoms with E-state index < -0.39 is 0 Å². The number of nitrogens with zero attached hydrogens (tertiary/aromatic N) is 3. The zero-order valence-corrected chi connectivity index (χ0v) is 11.3. The average molecular weight is 264 g/mol. The molecule has 1 N–H and O–H groups in total. The van der Waals surface area contributed by atoms with Gasteiger partial charge in [0.1, 0.15) is 18.0 Å². The van der Waals surface area contributed by atoms with Gasteiger partial charge in [-0.3, -0.25) is 0 Å². The van der Waals surface area contributed by atoms with Gasteiger partial charge in [0.25, 0.3) is 0 Å². The number of rotatable bonds is 2. The van der Waals surface area contributed by atoms with Crippen molar-refractivity contribution in [2.24, 2.45) is 0 Å². The van der Waals surface area contributed by atoms with E-state index in [0.717, 1.165) is 57.4 Å². The molecule has 1 aromatic heterocycles. The smallest absolute Gasteiger partial charge is 0.134 e. The lowest BCUT2D eigenvalue weighted by Gasteiger charge is -2.45. The Morgan fingerprint density at radius 1 is 1.26 bits per heavy atom. The van der Waals surface area contributed by atoms with Crippen molar-refractivity contribution in [3.63, 3.8) is 0 Å². The molecule has 3 heterocycles. The lowest BCUT2D eigenvalue weighted by Crippen LogP contribution is -2.54. The normalized spacial score (nSPS) is 22.5. The van der Waals surface area contributed by atoms with Crippen LogP contribution in [-0.4, -0.2) is 55.5 Å². The molecule has 3 rings (SSSR count). The fraction of sp³-hybridized carbons (Fsp3) is 0.692. The third-order valence-corrected chi connectivity index (χ3v) is 3.89. The summed E-state index contributed by atoms with van der Waals surface area (Å²) in [5.74, 6) is 1.81. The van der Waals surface area contributed by atoms with Crippen molar-refractivity contribution >= 4 is 11.6 Å². The standard InChI is InChI=1S/C13H20N4O2/c1-14-11-8-12(16-10-15-11)17-4-7-19-13(9-17)2-5-18-6-3-13/h8,10H,2-7,9H2,1H3,(H,14,15,16). The molecule has 0 atom stereocenters. The van der Waals surface area contributed by atoms with Gasteiger partial charge in [0, 0.05) is 52.3 Å². The lowest BCUT2D eigenvalue weighted by molar-refractivity contribution is -0.116. The summed E-state index contributed by atoms with van der Waals surface area (Å²) in [6.45, 7) is 4.09.